The van der Waals surface area contributed by atoms with E-state index in [0.29, 0.717) is 23.9 Å². The molecule has 0 aliphatic carbocycles. The maximum Gasteiger partial charge on any atom is 0.269 e. The molecule has 0 atom stereocenters. The van der Waals surface area contributed by atoms with Crippen LogP contribution in [0.25, 0.3) is 0 Å². The normalized spacial score (nSPS) is 13.9. The molecule has 3 rings (SSSR count). The molecule has 1 aliphatic rings. The number of nitro groups is 2. The molecular weight excluding hydrogens is 370 g/mol. The molecule has 0 bridgehead atoms. The van der Waals surface area contributed by atoms with Crippen molar-refractivity contribution >= 4 is 40.1 Å². The Labute approximate surface area is 160 Å². The fourth-order valence-corrected chi connectivity index (χ4v) is 3.12. The van der Waals surface area contributed by atoms with Crippen LogP contribution in [0, 0.1) is 20.2 Å². The minimum atomic E-state index is -0.445. The first-order valence-corrected chi connectivity index (χ1v) is 8.64. The van der Waals surface area contributed by atoms with E-state index in [1.54, 1.807) is 24.3 Å². The van der Waals surface area contributed by atoms with Gasteiger partial charge in [0.25, 0.3) is 11.4 Å². The molecule has 1 fully saturated rings. The number of nitro benzene ring substituents is 2. The zero-order chi connectivity index (χ0) is 19.4. The second-order valence-corrected chi connectivity index (χ2v) is 6.37. The molecular formula is C17H17N5O4S. The van der Waals surface area contributed by atoms with Crippen LogP contribution in [0.2, 0.25) is 0 Å². The molecule has 1 saturated heterocycles. The maximum absolute atomic E-state index is 10.7. The first-order chi connectivity index (χ1) is 12.9. The fourth-order valence-electron chi connectivity index (χ4n) is 2.82. The number of benzene rings is 2. The van der Waals surface area contributed by atoms with E-state index in [0.717, 1.165) is 18.8 Å². The smallest absolute Gasteiger partial charge is 0.269 e. The summed E-state index contributed by atoms with van der Waals surface area (Å²) in [5, 5.41) is 25.1. The van der Waals surface area contributed by atoms with Gasteiger partial charge in [-0.3, -0.25) is 20.2 Å². The minimum Gasteiger partial charge on any atom is -0.368 e. The molecule has 140 valence electrons. The van der Waals surface area contributed by atoms with E-state index in [9.17, 15) is 20.2 Å². The van der Waals surface area contributed by atoms with Crippen LogP contribution in [-0.4, -0.2) is 46.0 Å². The molecule has 9 nitrogen and oxygen atoms in total. The molecule has 2 aromatic carbocycles. The molecule has 10 heteroatoms. The van der Waals surface area contributed by atoms with Gasteiger partial charge in [0.1, 0.15) is 0 Å². The van der Waals surface area contributed by atoms with Crippen molar-refractivity contribution in [1.29, 1.82) is 0 Å². The predicted molar refractivity (Wildman–Crippen MR) is 106 cm³/mol. The largest absolute Gasteiger partial charge is 0.368 e. The van der Waals surface area contributed by atoms with Gasteiger partial charge in [-0.15, -0.1) is 0 Å². The summed E-state index contributed by atoms with van der Waals surface area (Å²) in [6.07, 6.45) is 0. The zero-order valence-corrected chi connectivity index (χ0v) is 15.1. The monoisotopic (exact) mass is 387 g/mol. The lowest BCUT2D eigenvalue weighted by Gasteiger charge is -2.37. The van der Waals surface area contributed by atoms with Crippen molar-refractivity contribution in [1.82, 2.24) is 4.90 Å². The van der Waals surface area contributed by atoms with E-state index in [-0.39, 0.29) is 11.4 Å². The maximum atomic E-state index is 10.7. The predicted octanol–water partition coefficient (Wildman–Crippen LogP) is 3.02. The Morgan fingerprint density at radius 1 is 0.852 bits per heavy atom. The average molecular weight is 387 g/mol. The molecule has 0 unspecified atom stereocenters. The summed E-state index contributed by atoms with van der Waals surface area (Å²) < 4.78 is 0. The molecule has 2 aromatic rings. The van der Waals surface area contributed by atoms with E-state index in [1.807, 2.05) is 4.90 Å². The van der Waals surface area contributed by atoms with Crippen molar-refractivity contribution in [2.75, 3.05) is 36.4 Å². The van der Waals surface area contributed by atoms with Crippen LogP contribution in [0.3, 0.4) is 0 Å². The molecule has 27 heavy (non-hydrogen) atoms. The van der Waals surface area contributed by atoms with E-state index in [4.69, 9.17) is 12.2 Å². The highest BCUT2D eigenvalue weighted by Gasteiger charge is 2.20. The second-order valence-electron chi connectivity index (χ2n) is 5.98. The number of hydrogen-bond donors (Lipinski definition) is 1. The minimum absolute atomic E-state index is 0.0307. The first-order valence-electron chi connectivity index (χ1n) is 8.24. The number of nitrogens with zero attached hydrogens (tertiary/aromatic N) is 4. The van der Waals surface area contributed by atoms with Crippen LogP contribution in [0.1, 0.15) is 0 Å². The van der Waals surface area contributed by atoms with Gasteiger partial charge in [-0.1, -0.05) is 0 Å². The van der Waals surface area contributed by atoms with Gasteiger partial charge in [0.05, 0.1) is 9.85 Å². The number of non-ortho nitro benzene ring substituents is 2. The van der Waals surface area contributed by atoms with Crippen molar-refractivity contribution in [2.45, 2.75) is 0 Å². The quantitative estimate of drug-likeness (QED) is 0.485. The number of thiocarbonyl (C=S) groups is 1. The standard InChI is InChI=1S/C17H17N5O4S/c23-21(24)15-3-1-13(2-4-15)18-17(27)20-11-9-19(10-12-20)14-5-7-16(8-6-14)22(25)26/h1-8H,9-12H2,(H,18,27). The fraction of sp³-hybridized carbons (Fsp3) is 0.235. The lowest BCUT2D eigenvalue weighted by atomic mass is 10.2. The third-order valence-corrected chi connectivity index (χ3v) is 4.68. The van der Waals surface area contributed by atoms with Crippen LogP contribution in [-0.2, 0) is 0 Å². The van der Waals surface area contributed by atoms with Crippen molar-refractivity contribution in [3.63, 3.8) is 0 Å². The molecule has 0 radical (unpaired) electrons. The molecule has 1 aliphatic heterocycles. The highest BCUT2D eigenvalue weighted by atomic mass is 32.1. The van der Waals surface area contributed by atoms with Crippen LogP contribution in [0.4, 0.5) is 22.7 Å². The Morgan fingerprint density at radius 2 is 1.33 bits per heavy atom. The van der Waals surface area contributed by atoms with Crippen LogP contribution < -0.4 is 10.2 Å². The highest BCUT2D eigenvalue weighted by molar-refractivity contribution is 7.80. The summed E-state index contributed by atoms with van der Waals surface area (Å²) in [6, 6.07) is 12.6. The summed E-state index contributed by atoms with van der Waals surface area (Å²) in [4.78, 5) is 24.8. The molecule has 0 amide bonds. The number of anilines is 2. The van der Waals surface area contributed by atoms with Crippen LogP contribution in [0.15, 0.2) is 48.5 Å². The molecule has 1 heterocycles. The van der Waals surface area contributed by atoms with Gasteiger partial charge in [0, 0.05) is 61.8 Å². The number of piperazine rings is 1. The first kappa shape index (κ1) is 18.5. The van der Waals surface area contributed by atoms with Crippen molar-refractivity contribution in [2.24, 2.45) is 0 Å². The van der Waals surface area contributed by atoms with E-state index >= 15 is 0 Å². The van der Waals surface area contributed by atoms with Crippen molar-refractivity contribution in [3.05, 3.63) is 68.8 Å². The zero-order valence-electron chi connectivity index (χ0n) is 14.3. The Bertz CT molecular complexity index is 849. The van der Waals surface area contributed by atoms with E-state index < -0.39 is 9.85 Å². The second kappa shape index (κ2) is 7.96. The number of rotatable bonds is 4. The molecule has 0 saturated carbocycles. The van der Waals surface area contributed by atoms with Gasteiger partial charge < -0.3 is 15.1 Å². The lowest BCUT2D eigenvalue weighted by Crippen LogP contribution is -2.50. The lowest BCUT2D eigenvalue weighted by molar-refractivity contribution is -0.385. The molecule has 0 spiro atoms. The van der Waals surface area contributed by atoms with Gasteiger partial charge in [0.15, 0.2) is 5.11 Å². The highest BCUT2D eigenvalue weighted by Crippen LogP contribution is 2.21. The van der Waals surface area contributed by atoms with Crippen LogP contribution in [0.5, 0.6) is 0 Å². The Balaban J connectivity index is 1.54. The summed E-state index contributed by atoms with van der Waals surface area (Å²) in [5.41, 5.74) is 1.74. The van der Waals surface area contributed by atoms with Gasteiger partial charge in [-0.05, 0) is 36.5 Å². The third kappa shape index (κ3) is 4.47. The number of nitrogens with one attached hydrogen (secondary N) is 1. The van der Waals surface area contributed by atoms with Gasteiger partial charge in [0.2, 0.25) is 0 Å². The Hall–Kier alpha value is -3.27. The summed E-state index contributed by atoms with van der Waals surface area (Å²) in [5.74, 6) is 0. The topological polar surface area (TPSA) is 105 Å². The Kier molecular flexibility index (Phi) is 5.46. The molecule has 1 N–H and O–H groups in total. The number of hydrogen-bond acceptors (Lipinski definition) is 6. The summed E-state index contributed by atoms with van der Waals surface area (Å²) >= 11 is 5.43. The summed E-state index contributed by atoms with van der Waals surface area (Å²) in [6.45, 7) is 2.88. The van der Waals surface area contributed by atoms with Gasteiger partial charge >= 0.3 is 0 Å². The summed E-state index contributed by atoms with van der Waals surface area (Å²) in [7, 11) is 0. The van der Waals surface area contributed by atoms with E-state index in [2.05, 4.69) is 10.2 Å². The third-order valence-electron chi connectivity index (χ3n) is 4.32. The van der Waals surface area contributed by atoms with E-state index in [1.165, 1.54) is 24.3 Å². The van der Waals surface area contributed by atoms with Crippen molar-refractivity contribution in [3.8, 4) is 0 Å². The average Bonchev–Trinajstić information content (AvgIpc) is 2.68. The molecule has 0 aromatic heterocycles. The Morgan fingerprint density at radius 3 is 1.81 bits per heavy atom. The van der Waals surface area contributed by atoms with Gasteiger partial charge in [-0.25, -0.2) is 0 Å². The SMILES string of the molecule is O=[N+]([O-])c1ccc(NC(=S)N2CCN(c3ccc([N+](=O)[O-])cc3)CC2)cc1. The van der Waals surface area contributed by atoms with Crippen molar-refractivity contribution < 1.29 is 9.85 Å². The van der Waals surface area contributed by atoms with Crippen LogP contribution >= 0.6 is 12.2 Å². The van der Waals surface area contributed by atoms with Gasteiger partial charge in [-0.2, -0.15) is 0 Å².